The summed E-state index contributed by atoms with van der Waals surface area (Å²) in [5, 5.41) is 0. The van der Waals surface area contributed by atoms with Gasteiger partial charge in [0.25, 0.3) is 0 Å². The Labute approximate surface area is 91.4 Å². The lowest BCUT2D eigenvalue weighted by atomic mass is 10.3. The molecule has 1 saturated carbocycles. The predicted octanol–water partition coefficient (Wildman–Crippen LogP) is 2.84. The molecule has 0 unspecified atom stereocenters. The van der Waals surface area contributed by atoms with E-state index < -0.39 is 0 Å². The number of halogens is 1. The van der Waals surface area contributed by atoms with Crippen molar-refractivity contribution in [3.63, 3.8) is 0 Å². The lowest BCUT2D eigenvalue weighted by molar-refractivity contribution is 0.281. The van der Waals surface area contributed by atoms with E-state index in [0.29, 0.717) is 6.10 Å². The van der Waals surface area contributed by atoms with Crippen molar-refractivity contribution in [2.75, 3.05) is 7.11 Å². The zero-order chi connectivity index (χ0) is 9.26. The third-order valence-electron chi connectivity index (χ3n) is 1.95. The number of hydrogen-bond donors (Lipinski definition) is 0. The Morgan fingerprint density at radius 3 is 2.77 bits per heavy atom. The average Bonchev–Trinajstić information content (AvgIpc) is 2.89. The number of methoxy groups -OCH3 is 1. The van der Waals surface area contributed by atoms with Gasteiger partial charge < -0.3 is 9.47 Å². The van der Waals surface area contributed by atoms with E-state index in [-0.39, 0.29) is 0 Å². The van der Waals surface area contributed by atoms with Crippen LogP contribution in [0.2, 0.25) is 0 Å². The maximum Gasteiger partial charge on any atom is 0.174 e. The summed E-state index contributed by atoms with van der Waals surface area (Å²) in [5.41, 5.74) is 0. The van der Waals surface area contributed by atoms with Crippen molar-refractivity contribution in [1.29, 1.82) is 0 Å². The molecule has 1 aliphatic carbocycles. The Hall–Kier alpha value is -0.450. The first-order chi connectivity index (χ1) is 6.31. The topological polar surface area (TPSA) is 18.5 Å². The average molecular weight is 290 g/mol. The van der Waals surface area contributed by atoms with Gasteiger partial charge in [-0.3, -0.25) is 0 Å². The van der Waals surface area contributed by atoms with E-state index in [9.17, 15) is 0 Å². The number of para-hydroxylation sites is 1. The molecule has 0 bridgehead atoms. The van der Waals surface area contributed by atoms with E-state index in [1.54, 1.807) is 7.11 Å². The van der Waals surface area contributed by atoms with Crippen LogP contribution in [-0.2, 0) is 0 Å². The van der Waals surface area contributed by atoms with Gasteiger partial charge in [0.2, 0.25) is 0 Å². The second-order valence-corrected chi connectivity index (χ2v) is 4.25. The van der Waals surface area contributed by atoms with Crippen molar-refractivity contribution in [2.45, 2.75) is 18.9 Å². The first-order valence-corrected chi connectivity index (χ1v) is 5.38. The monoisotopic (exact) mass is 290 g/mol. The highest BCUT2D eigenvalue weighted by molar-refractivity contribution is 14.1. The molecule has 3 heteroatoms. The SMILES string of the molecule is COc1c(I)cccc1OC1CC1. The minimum absolute atomic E-state index is 0.423. The lowest BCUT2D eigenvalue weighted by Crippen LogP contribution is -1.99. The van der Waals surface area contributed by atoms with E-state index in [2.05, 4.69) is 22.6 Å². The Morgan fingerprint density at radius 1 is 1.38 bits per heavy atom. The molecular weight excluding hydrogens is 279 g/mol. The van der Waals surface area contributed by atoms with Crippen LogP contribution >= 0.6 is 22.6 Å². The molecule has 2 rings (SSSR count). The molecule has 1 aromatic rings. The number of ether oxygens (including phenoxy) is 2. The van der Waals surface area contributed by atoms with Gasteiger partial charge in [-0.15, -0.1) is 0 Å². The Bertz CT molecular complexity index is 308. The highest BCUT2D eigenvalue weighted by Gasteiger charge is 2.25. The second-order valence-electron chi connectivity index (χ2n) is 3.09. The summed E-state index contributed by atoms with van der Waals surface area (Å²) < 4.78 is 12.1. The Morgan fingerprint density at radius 2 is 2.15 bits per heavy atom. The molecular formula is C10H11IO2. The summed E-state index contributed by atoms with van der Waals surface area (Å²) in [6.07, 6.45) is 2.77. The zero-order valence-corrected chi connectivity index (χ0v) is 9.58. The highest BCUT2D eigenvalue weighted by Crippen LogP contribution is 2.36. The summed E-state index contributed by atoms with van der Waals surface area (Å²) >= 11 is 2.25. The molecule has 0 spiro atoms. The Balaban J connectivity index is 2.25. The maximum atomic E-state index is 5.70. The Kier molecular flexibility index (Phi) is 2.62. The second kappa shape index (κ2) is 3.74. The van der Waals surface area contributed by atoms with E-state index in [4.69, 9.17) is 9.47 Å². The van der Waals surface area contributed by atoms with E-state index in [1.807, 2.05) is 18.2 Å². The van der Waals surface area contributed by atoms with Crippen LogP contribution in [0.15, 0.2) is 18.2 Å². The van der Waals surface area contributed by atoms with Crippen LogP contribution in [0.3, 0.4) is 0 Å². The fourth-order valence-electron chi connectivity index (χ4n) is 1.15. The van der Waals surface area contributed by atoms with Crippen LogP contribution in [0.1, 0.15) is 12.8 Å². The van der Waals surface area contributed by atoms with Gasteiger partial charge in [-0.05, 0) is 47.6 Å². The normalized spacial score (nSPS) is 15.5. The first-order valence-electron chi connectivity index (χ1n) is 4.30. The van der Waals surface area contributed by atoms with Crippen LogP contribution in [0.25, 0.3) is 0 Å². The molecule has 1 fully saturated rings. The summed E-state index contributed by atoms with van der Waals surface area (Å²) in [4.78, 5) is 0. The lowest BCUT2D eigenvalue weighted by Gasteiger charge is -2.10. The van der Waals surface area contributed by atoms with Crippen molar-refractivity contribution in [1.82, 2.24) is 0 Å². The molecule has 0 heterocycles. The van der Waals surface area contributed by atoms with Gasteiger partial charge in [-0.2, -0.15) is 0 Å². The smallest absolute Gasteiger partial charge is 0.174 e. The molecule has 70 valence electrons. The first kappa shape index (κ1) is 9.12. The van der Waals surface area contributed by atoms with Crippen molar-refractivity contribution >= 4 is 22.6 Å². The summed E-state index contributed by atoms with van der Waals surface area (Å²) in [6.45, 7) is 0. The summed E-state index contributed by atoms with van der Waals surface area (Å²) in [5.74, 6) is 1.73. The van der Waals surface area contributed by atoms with Gasteiger partial charge >= 0.3 is 0 Å². The predicted molar refractivity (Wildman–Crippen MR) is 59.4 cm³/mol. The van der Waals surface area contributed by atoms with E-state index in [0.717, 1.165) is 15.1 Å². The molecule has 0 aromatic heterocycles. The maximum absolute atomic E-state index is 5.70. The molecule has 0 saturated heterocycles. The molecule has 0 amide bonds. The van der Waals surface area contributed by atoms with Gasteiger partial charge in [-0.25, -0.2) is 0 Å². The fourth-order valence-corrected chi connectivity index (χ4v) is 1.84. The molecule has 13 heavy (non-hydrogen) atoms. The van der Waals surface area contributed by atoms with Crippen molar-refractivity contribution < 1.29 is 9.47 Å². The van der Waals surface area contributed by atoms with Crippen LogP contribution in [-0.4, -0.2) is 13.2 Å². The fraction of sp³-hybridized carbons (Fsp3) is 0.400. The number of hydrogen-bond acceptors (Lipinski definition) is 2. The molecule has 1 aliphatic rings. The zero-order valence-electron chi connectivity index (χ0n) is 7.42. The summed E-state index contributed by atoms with van der Waals surface area (Å²) in [6, 6.07) is 5.96. The van der Waals surface area contributed by atoms with Gasteiger partial charge in [0.15, 0.2) is 11.5 Å². The van der Waals surface area contributed by atoms with Crippen molar-refractivity contribution in [3.05, 3.63) is 21.8 Å². The standard InChI is InChI=1S/C10H11IO2/c1-12-10-8(11)3-2-4-9(10)13-7-5-6-7/h2-4,7H,5-6H2,1H3. The van der Waals surface area contributed by atoms with Gasteiger partial charge in [0.1, 0.15) is 0 Å². The van der Waals surface area contributed by atoms with Crippen LogP contribution in [0.5, 0.6) is 11.5 Å². The minimum Gasteiger partial charge on any atom is -0.492 e. The van der Waals surface area contributed by atoms with Crippen LogP contribution < -0.4 is 9.47 Å². The molecule has 0 atom stereocenters. The highest BCUT2D eigenvalue weighted by atomic mass is 127. The quantitative estimate of drug-likeness (QED) is 0.797. The van der Waals surface area contributed by atoms with E-state index >= 15 is 0 Å². The van der Waals surface area contributed by atoms with Crippen LogP contribution in [0.4, 0.5) is 0 Å². The third kappa shape index (κ3) is 2.07. The number of rotatable bonds is 3. The molecule has 2 nitrogen and oxygen atoms in total. The molecule has 1 aromatic carbocycles. The molecule has 0 aliphatic heterocycles. The largest absolute Gasteiger partial charge is 0.492 e. The van der Waals surface area contributed by atoms with Crippen molar-refractivity contribution in [3.8, 4) is 11.5 Å². The number of benzene rings is 1. The third-order valence-corrected chi connectivity index (χ3v) is 2.80. The minimum atomic E-state index is 0.423. The van der Waals surface area contributed by atoms with Crippen LogP contribution in [0, 0.1) is 3.57 Å². The van der Waals surface area contributed by atoms with Gasteiger partial charge in [0.05, 0.1) is 16.8 Å². The van der Waals surface area contributed by atoms with Crippen molar-refractivity contribution in [2.24, 2.45) is 0 Å². The van der Waals surface area contributed by atoms with Gasteiger partial charge in [0, 0.05) is 0 Å². The van der Waals surface area contributed by atoms with Gasteiger partial charge in [-0.1, -0.05) is 6.07 Å². The summed E-state index contributed by atoms with van der Waals surface area (Å²) in [7, 11) is 1.68. The van der Waals surface area contributed by atoms with E-state index in [1.165, 1.54) is 12.8 Å². The molecule has 0 radical (unpaired) electrons. The molecule has 0 N–H and O–H groups in total.